The molecular weight excluding hydrogens is 530 g/mol. The Labute approximate surface area is 188 Å². The van der Waals surface area contributed by atoms with E-state index in [1.807, 2.05) is 0 Å². The average molecular weight is 547 g/mol. The fourth-order valence-corrected chi connectivity index (χ4v) is 6.18. The van der Waals surface area contributed by atoms with E-state index in [1.165, 1.54) is 16.6 Å². The van der Waals surface area contributed by atoms with E-state index in [-0.39, 0.29) is 11.5 Å². The van der Waals surface area contributed by atoms with Crippen molar-refractivity contribution in [3.63, 3.8) is 0 Å². The zero-order valence-electron chi connectivity index (χ0n) is 16.6. The predicted molar refractivity (Wildman–Crippen MR) is 105 cm³/mol. The third-order valence-electron chi connectivity index (χ3n) is 4.50. The Morgan fingerprint density at radius 1 is 1.24 bits per heavy atom. The number of alkyl halides is 1. The highest BCUT2D eigenvalue weighted by Crippen LogP contribution is 2.66. The minimum Gasteiger partial charge on any atom is -0.387 e. The van der Waals surface area contributed by atoms with Crippen LogP contribution in [0.15, 0.2) is 18.5 Å². The second-order valence-corrected chi connectivity index (χ2v) is 11.3. The SMILES string of the molecule is N#C[C@@]1(Cc2ccc3c(N)ncnn23)O[C@H](COP(=O)(O)OP(=O)(O)OP(=O)(O)O)[C@@H](O)[C@H]1F. The van der Waals surface area contributed by atoms with Gasteiger partial charge in [0.05, 0.1) is 6.61 Å². The monoisotopic (exact) mass is 547 g/mol. The molecule has 6 atom stereocenters. The first-order chi connectivity index (χ1) is 15.6. The quantitative estimate of drug-likeness (QED) is 0.217. The molecule has 1 aliphatic heterocycles. The molecule has 0 radical (unpaired) electrons. The van der Waals surface area contributed by atoms with Crippen LogP contribution in [-0.4, -0.2) is 69.9 Å². The molecule has 21 heteroatoms. The number of nitrogen functional groups attached to an aromatic ring is 1. The zero-order chi connectivity index (χ0) is 25.5. The topological polar surface area (TPSA) is 269 Å². The van der Waals surface area contributed by atoms with Gasteiger partial charge in [0.25, 0.3) is 0 Å². The summed E-state index contributed by atoms with van der Waals surface area (Å²) in [7, 11) is -16.9. The van der Waals surface area contributed by atoms with Crippen molar-refractivity contribution in [2.24, 2.45) is 0 Å². The summed E-state index contributed by atoms with van der Waals surface area (Å²) >= 11 is 0. The first kappa shape index (κ1) is 26.8. The Balaban J connectivity index is 1.73. The lowest BCUT2D eigenvalue weighted by Gasteiger charge is -2.23. The standard InChI is InChI=1S/C13H17FN5O12P3/c14-11-10(20)9(4-28-33(24,25)31-34(26,27)30-32(21,22)23)29-13(11,5-15)3-7-1-2-8-12(16)17-6-18-19(7)8/h1-2,6,9-11,20H,3-4H2,(H,24,25)(H,26,27)(H2,16,17,18)(H2,21,22,23)/t9-,10-,11-,13-/m1/s1. The first-order valence-corrected chi connectivity index (χ1v) is 13.4. The molecule has 0 saturated carbocycles. The van der Waals surface area contributed by atoms with Gasteiger partial charge in [0, 0.05) is 12.1 Å². The number of phosphoric ester groups is 1. The summed E-state index contributed by atoms with van der Waals surface area (Å²) in [4.78, 5) is 39.5. The highest BCUT2D eigenvalue weighted by molar-refractivity contribution is 7.66. The molecule has 0 aromatic carbocycles. The van der Waals surface area contributed by atoms with Crippen LogP contribution in [-0.2, 0) is 38.0 Å². The van der Waals surface area contributed by atoms with Gasteiger partial charge in [0.2, 0.25) is 0 Å². The van der Waals surface area contributed by atoms with Crippen LogP contribution in [0.25, 0.3) is 5.52 Å². The maximum Gasteiger partial charge on any atom is 0.490 e. The van der Waals surface area contributed by atoms with Crippen molar-refractivity contribution in [1.29, 1.82) is 5.26 Å². The molecule has 34 heavy (non-hydrogen) atoms. The lowest BCUT2D eigenvalue weighted by Crippen LogP contribution is -2.41. The number of hydrogen-bond acceptors (Lipinski definition) is 12. The molecule has 0 spiro atoms. The van der Waals surface area contributed by atoms with Gasteiger partial charge in [-0.1, -0.05) is 0 Å². The van der Waals surface area contributed by atoms with Gasteiger partial charge in [-0.2, -0.15) is 19.0 Å². The van der Waals surface area contributed by atoms with E-state index >= 15 is 0 Å². The minimum atomic E-state index is -5.78. The number of nitrogens with zero attached hydrogens (tertiary/aromatic N) is 4. The van der Waals surface area contributed by atoms with Gasteiger partial charge in [-0.05, 0) is 12.1 Å². The summed E-state index contributed by atoms with van der Waals surface area (Å²) in [6.45, 7) is -1.14. The number of ether oxygens (including phenoxy) is 1. The van der Waals surface area contributed by atoms with E-state index in [1.54, 1.807) is 6.07 Å². The Morgan fingerprint density at radius 3 is 2.53 bits per heavy atom. The Kier molecular flexibility index (Phi) is 7.34. The van der Waals surface area contributed by atoms with Crippen LogP contribution in [0.3, 0.4) is 0 Å². The van der Waals surface area contributed by atoms with E-state index < -0.39 is 60.5 Å². The van der Waals surface area contributed by atoms with Crippen LogP contribution < -0.4 is 5.73 Å². The zero-order valence-corrected chi connectivity index (χ0v) is 19.2. The molecule has 0 aliphatic carbocycles. The number of anilines is 1. The second kappa shape index (κ2) is 9.32. The number of rotatable bonds is 9. The molecule has 2 aromatic heterocycles. The maximum absolute atomic E-state index is 15.0. The van der Waals surface area contributed by atoms with Crippen molar-refractivity contribution in [1.82, 2.24) is 14.6 Å². The van der Waals surface area contributed by atoms with Crippen molar-refractivity contribution in [3.8, 4) is 6.07 Å². The number of aromatic nitrogens is 3. The van der Waals surface area contributed by atoms with Crippen LogP contribution in [0.4, 0.5) is 10.2 Å². The normalized spacial score (nSPS) is 28.9. The summed E-state index contributed by atoms with van der Waals surface area (Å²) in [5.41, 5.74) is 4.01. The summed E-state index contributed by atoms with van der Waals surface area (Å²) in [6.07, 6.45) is -5.49. The summed E-state index contributed by atoms with van der Waals surface area (Å²) in [5.74, 6) is 0.102. The van der Waals surface area contributed by atoms with Crippen LogP contribution in [0.1, 0.15) is 5.69 Å². The molecule has 2 unspecified atom stereocenters. The number of fused-ring (bicyclic) bond motifs is 1. The third-order valence-corrected chi connectivity index (χ3v) is 8.30. The highest BCUT2D eigenvalue weighted by Gasteiger charge is 2.57. The fraction of sp³-hybridized carbons (Fsp3) is 0.462. The Hall–Kier alpha value is -1.83. The van der Waals surface area contributed by atoms with Crippen LogP contribution in [0, 0.1) is 11.3 Å². The summed E-state index contributed by atoms with van der Waals surface area (Å²) in [5, 5.41) is 23.7. The van der Waals surface area contributed by atoms with E-state index in [2.05, 4.69) is 23.2 Å². The molecule has 2 aromatic rings. The highest BCUT2D eigenvalue weighted by atomic mass is 31.3. The predicted octanol–water partition coefficient (Wildman–Crippen LogP) is -0.443. The van der Waals surface area contributed by atoms with E-state index in [4.69, 9.17) is 25.2 Å². The molecule has 0 bridgehead atoms. The Morgan fingerprint density at radius 2 is 1.91 bits per heavy atom. The number of halogens is 1. The molecule has 1 saturated heterocycles. The van der Waals surface area contributed by atoms with E-state index in [9.17, 15) is 33.3 Å². The molecular formula is C13H17FN5O12P3. The molecule has 17 nitrogen and oxygen atoms in total. The van der Waals surface area contributed by atoms with Gasteiger partial charge in [0.15, 0.2) is 17.6 Å². The second-order valence-electron chi connectivity index (χ2n) is 6.88. The van der Waals surface area contributed by atoms with Gasteiger partial charge in [0.1, 0.15) is 30.1 Å². The number of nitrogens with two attached hydrogens (primary N) is 1. The van der Waals surface area contributed by atoms with Gasteiger partial charge < -0.3 is 35.2 Å². The lowest BCUT2D eigenvalue weighted by atomic mass is 9.92. The molecule has 3 rings (SSSR count). The third kappa shape index (κ3) is 5.86. The molecule has 1 aliphatic rings. The van der Waals surface area contributed by atoms with Gasteiger partial charge in [-0.15, -0.1) is 0 Å². The van der Waals surface area contributed by atoms with Crippen molar-refractivity contribution in [3.05, 3.63) is 24.2 Å². The summed E-state index contributed by atoms with van der Waals surface area (Å²) in [6, 6.07) is 4.57. The molecule has 0 amide bonds. The smallest absolute Gasteiger partial charge is 0.387 e. The number of phosphoric acid groups is 3. The van der Waals surface area contributed by atoms with Gasteiger partial charge in [-0.25, -0.2) is 27.6 Å². The van der Waals surface area contributed by atoms with Gasteiger partial charge >= 0.3 is 23.5 Å². The number of aliphatic hydroxyl groups excluding tert-OH is 1. The largest absolute Gasteiger partial charge is 0.490 e. The maximum atomic E-state index is 15.0. The van der Waals surface area contributed by atoms with Crippen LogP contribution in [0.5, 0.6) is 0 Å². The molecule has 7 N–H and O–H groups in total. The number of hydrogen-bond donors (Lipinski definition) is 6. The average Bonchev–Trinajstić information content (AvgIpc) is 3.20. The fourth-order valence-electron chi connectivity index (χ4n) is 3.15. The number of nitriles is 1. The van der Waals surface area contributed by atoms with Crippen LogP contribution in [0.2, 0.25) is 0 Å². The van der Waals surface area contributed by atoms with Crippen molar-refractivity contribution >= 4 is 34.8 Å². The van der Waals surface area contributed by atoms with Crippen molar-refractivity contribution < 1.29 is 60.6 Å². The van der Waals surface area contributed by atoms with E-state index in [0.29, 0.717) is 5.52 Å². The van der Waals surface area contributed by atoms with Gasteiger partial charge in [-0.3, -0.25) is 4.52 Å². The minimum absolute atomic E-state index is 0.102. The van der Waals surface area contributed by atoms with Crippen LogP contribution >= 0.6 is 23.5 Å². The van der Waals surface area contributed by atoms with Crippen molar-refractivity contribution in [2.75, 3.05) is 12.3 Å². The first-order valence-electron chi connectivity index (χ1n) is 8.85. The lowest BCUT2D eigenvalue weighted by molar-refractivity contribution is -0.0501. The Bertz CT molecular complexity index is 1260. The molecule has 1 fully saturated rings. The van der Waals surface area contributed by atoms with E-state index in [0.717, 1.165) is 6.33 Å². The number of aliphatic hydroxyl groups is 1. The molecule has 3 heterocycles. The molecule has 188 valence electrons. The van der Waals surface area contributed by atoms with Crippen molar-refractivity contribution in [2.45, 2.75) is 30.4 Å². The summed E-state index contributed by atoms with van der Waals surface area (Å²) < 4.78 is 66.8.